The molecular formula is C53H83NO2P2Si2. The molecule has 0 aliphatic heterocycles. The van der Waals surface area contributed by atoms with Crippen molar-refractivity contribution < 1.29 is 9.47 Å². The lowest BCUT2D eigenvalue weighted by atomic mass is 10.3. The molecule has 0 aliphatic rings. The van der Waals surface area contributed by atoms with Crippen LogP contribution in [0.1, 0.15) is 132 Å². The van der Waals surface area contributed by atoms with Gasteiger partial charge in [0.2, 0.25) is 0 Å². The minimum Gasteiger partial charge on any atom is -0.496 e. The average molecular weight is 884 g/mol. The molecule has 7 heteroatoms. The van der Waals surface area contributed by atoms with Gasteiger partial charge in [-0.2, -0.15) is 0 Å². The van der Waals surface area contributed by atoms with Crippen molar-refractivity contribution in [1.29, 1.82) is 0 Å². The first-order valence-corrected chi connectivity index (χ1v) is 31.9. The van der Waals surface area contributed by atoms with Gasteiger partial charge in [0.15, 0.2) is 0 Å². The number of nitrogens with zero attached hydrogens (tertiary/aromatic N) is 1. The predicted molar refractivity (Wildman–Crippen MR) is 277 cm³/mol. The molecule has 2 atom stereocenters. The molecule has 0 bridgehead atoms. The van der Waals surface area contributed by atoms with Gasteiger partial charge in [0.25, 0.3) is 0 Å². The largest absolute Gasteiger partial charge is 0.496 e. The van der Waals surface area contributed by atoms with Gasteiger partial charge in [0, 0.05) is 32.8 Å². The van der Waals surface area contributed by atoms with E-state index in [0.717, 1.165) is 11.5 Å². The van der Waals surface area contributed by atoms with E-state index in [1.807, 2.05) is 14.2 Å². The van der Waals surface area contributed by atoms with Gasteiger partial charge in [-0.05, 0) is 48.7 Å². The lowest BCUT2D eigenvalue weighted by Crippen LogP contribution is -2.48. The molecule has 4 rings (SSSR count). The molecule has 0 N–H and O–H groups in total. The van der Waals surface area contributed by atoms with Crippen LogP contribution in [0, 0.1) is 0 Å². The van der Waals surface area contributed by atoms with E-state index in [1.54, 1.807) is 10.4 Å². The fourth-order valence-corrected chi connectivity index (χ4v) is 27.1. The van der Waals surface area contributed by atoms with Gasteiger partial charge in [-0.15, -0.1) is 0 Å². The quantitative estimate of drug-likeness (QED) is 0.0401. The Kier molecular flexibility index (Phi) is 22.2. The van der Waals surface area contributed by atoms with E-state index in [0.29, 0.717) is 0 Å². The number of para-hydroxylation sites is 2. The Bertz CT molecular complexity index is 1610. The zero-order valence-corrected chi connectivity index (χ0v) is 43.5. The van der Waals surface area contributed by atoms with E-state index in [9.17, 15) is 0 Å². The molecule has 330 valence electrons. The van der Waals surface area contributed by atoms with Gasteiger partial charge in [0.1, 0.15) is 11.5 Å². The van der Waals surface area contributed by atoms with E-state index in [2.05, 4.69) is 157 Å². The molecule has 60 heavy (non-hydrogen) atoms. The Morgan fingerprint density at radius 1 is 0.433 bits per heavy atom. The molecule has 0 fully saturated rings. The third kappa shape index (κ3) is 12.9. The smallest absolute Gasteiger partial charge is 0.128 e. The third-order valence-electron chi connectivity index (χ3n) is 13.0. The van der Waals surface area contributed by atoms with E-state index < -0.39 is 32.3 Å². The summed E-state index contributed by atoms with van der Waals surface area (Å²) >= 11 is 0. The molecule has 0 heterocycles. The number of hydrogen-bond acceptors (Lipinski definition) is 3. The number of benzene rings is 4. The number of hydrogen-bond donors (Lipinski definition) is 0. The Hall–Kier alpha value is -2.27. The first kappa shape index (κ1) is 50.4. The molecule has 0 saturated heterocycles. The summed E-state index contributed by atoms with van der Waals surface area (Å²) in [6.07, 6.45) is 15.7. The summed E-state index contributed by atoms with van der Waals surface area (Å²) in [5, 5.41) is 8.73. The number of methoxy groups -OCH3 is 2. The zero-order valence-electron chi connectivity index (χ0n) is 39.7. The highest BCUT2D eigenvalue weighted by molar-refractivity contribution is 7.85. The Balaban J connectivity index is 1.99. The number of unbranched alkanes of at least 4 members (excludes halogenated alkanes) is 6. The molecule has 0 spiro atoms. The molecule has 0 radical (unpaired) electrons. The highest BCUT2D eigenvalue weighted by atomic mass is 31.2. The van der Waals surface area contributed by atoms with Gasteiger partial charge >= 0.3 is 0 Å². The molecule has 0 aliphatic carbocycles. The molecule has 3 nitrogen and oxygen atoms in total. The highest BCUT2D eigenvalue weighted by Crippen LogP contribution is 2.58. The van der Waals surface area contributed by atoms with Crippen molar-refractivity contribution in [3.8, 4) is 11.5 Å². The normalized spacial score (nSPS) is 13.2. The van der Waals surface area contributed by atoms with Gasteiger partial charge < -0.3 is 9.47 Å². The summed E-state index contributed by atoms with van der Waals surface area (Å²) in [4.78, 5) is 0. The molecule has 0 aromatic heterocycles. The maximum absolute atomic E-state index is 6.26. The van der Waals surface area contributed by atoms with Crippen molar-refractivity contribution >= 4 is 63.9 Å². The Morgan fingerprint density at radius 3 is 0.967 bits per heavy atom. The first-order valence-electron chi connectivity index (χ1n) is 24.1. The number of ether oxygens (including phenoxy) is 2. The summed E-state index contributed by atoms with van der Waals surface area (Å²) < 4.78 is 15.4. The standard InChI is InChI=1S/C53H83NO2P2Si2/c1-11-17-39-59(40-18-12-2,41-19-13-3)48-35-31-46(32-36-48)57(52-29-25-23-27-50(52)55-9)54(45(7)8)58(53-30-26-24-28-51(53)56-10)47-33-37-49(38-34-47)60(42-20-14-4,43-21-15-5)44-22-16-6/h23-38,45H,11-22,39-44H2,1-10H3. The molecule has 0 saturated carbocycles. The summed E-state index contributed by atoms with van der Waals surface area (Å²) in [6, 6.07) is 47.0. The Morgan fingerprint density at radius 2 is 0.717 bits per heavy atom. The molecule has 4 aromatic rings. The summed E-state index contributed by atoms with van der Waals surface area (Å²) in [6.45, 7) is 19.1. The van der Waals surface area contributed by atoms with Crippen LogP contribution in [-0.2, 0) is 0 Å². The topological polar surface area (TPSA) is 21.7 Å². The zero-order chi connectivity index (χ0) is 43.4. The third-order valence-corrected chi connectivity index (χ3v) is 30.0. The second-order valence-corrected chi connectivity index (χ2v) is 31.4. The maximum atomic E-state index is 6.26. The SMILES string of the molecule is CCCC[Si](CCCC)(CCCC)c1ccc(P(c2ccccc2OC)N(C(C)C)P(c2ccc([Si](CCCC)(CCCC)CCCC)cc2)c2ccccc2OC)cc1. The molecular weight excluding hydrogens is 801 g/mol. The lowest BCUT2D eigenvalue weighted by Gasteiger charge is -2.42. The van der Waals surface area contributed by atoms with Crippen LogP contribution < -0.4 is 41.1 Å². The van der Waals surface area contributed by atoms with E-state index in [-0.39, 0.29) is 6.04 Å². The second kappa shape index (κ2) is 26.4. The molecule has 0 amide bonds. The first-order chi connectivity index (χ1) is 29.2. The van der Waals surface area contributed by atoms with E-state index in [4.69, 9.17) is 9.47 Å². The predicted octanol–water partition coefficient (Wildman–Crippen LogP) is 13.9. The van der Waals surface area contributed by atoms with E-state index in [1.165, 1.54) is 135 Å². The minimum absolute atomic E-state index is 0.246. The van der Waals surface area contributed by atoms with Gasteiger partial charge in [-0.3, -0.25) is 0 Å². The van der Waals surface area contributed by atoms with Crippen molar-refractivity contribution in [2.24, 2.45) is 0 Å². The van der Waals surface area contributed by atoms with Crippen LogP contribution in [0.5, 0.6) is 11.5 Å². The van der Waals surface area contributed by atoms with Crippen LogP contribution in [0.2, 0.25) is 36.3 Å². The van der Waals surface area contributed by atoms with Gasteiger partial charge in [-0.1, -0.05) is 238 Å². The second-order valence-electron chi connectivity index (χ2n) is 17.7. The van der Waals surface area contributed by atoms with Crippen LogP contribution in [0.25, 0.3) is 0 Å². The fourth-order valence-electron chi connectivity index (χ4n) is 9.52. The Labute approximate surface area is 373 Å². The monoisotopic (exact) mass is 884 g/mol. The lowest BCUT2D eigenvalue weighted by molar-refractivity contribution is 0.417. The summed E-state index contributed by atoms with van der Waals surface area (Å²) in [5.74, 6) is 1.94. The summed E-state index contributed by atoms with van der Waals surface area (Å²) in [5.41, 5.74) is 0. The molecule has 2 unspecified atom stereocenters. The van der Waals surface area contributed by atoms with Crippen molar-refractivity contribution in [2.75, 3.05) is 14.2 Å². The van der Waals surface area contributed by atoms with Crippen LogP contribution >= 0.6 is 16.1 Å². The minimum atomic E-state index is -1.67. The van der Waals surface area contributed by atoms with Crippen molar-refractivity contribution in [2.45, 2.75) is 175 Å². The highest BCUT2D eigenvalue weighted by Gasteiger charge is 2.39. The molecule has 4 aromatic carbocycles. The maximum Gasteiger partial charge on any atom is 0.128 e. The van der Waals surface area contributed by atoms with Crippen molar-refractivity contribution in [3.05, 3.63) is 97.1 Å². The van der Waals surface area contributed by atoms with Gasteiger partial charge in [0.05, 0.1) is 30.4 Å². The van der Waals surface area contributed by atoms with Crippen LogP contribution in [0.4, 0.5) is 0 Å². The van der Waals surface area contributed by atoms with Crippen LogP contribution in [-0.4, -0.2) is 40.9 Å². The number of rotatable bonds is 29. The summed E-state index contributed by atoms with van der Waals surface area (Å²) in [7, 11) is -1.67. The van der Waals surface area contributed by atoms with Crippen LogP contribution in [0.3, 0.4) is 0 Å². The average Bonchev–Trinajstić information content (AvgIpc) is 3.29. The van der Waals surface area contributed by atoms with Crippen molar-refractivity contribution in [3.63, 3.8) is 0 Å². The van der Waals surface area contributed by atoms with Crippen molar-refractivity contribution in [1.82, 2.24) is 4.44 Å². The fraction of sp³-hybridized carbons (Fsp3) is 0.547. The van der Waals surface area contributed by atoms with E-state index >= 15 is 0 Å². The van der Waals surface area contributed by atoms with Gasteiger partial charge in [-0.25, -0.2) is 4.44 Å². The van der Waals surface area contributed by atoms with Crippen LogP contribution in [0.15, 0.2) is 97.1 Å².